The summed E-state index contributed by atoms with van der Waals surface area (Å²) in [5, 5.41) is 0. The smallest absolute Gasteiger partial charge is 0.280 e. The summed E-state index contributed by atoms with van der Waals surface area (Å²) in [7, 11) is 3.54. The van der Waals surface area contributed by atoms with E-state index in [1.54, 1.807) is 18.9 Å². The molecule has 23 heavy (non-hydrogen) atoms. The number of carbonyl (C=O) groups excluding carboxylic acids is 1. The first kappa shape index (κ1) is 15.8. The third-order valence-electron chi connectivity index (χ3n) is 3.54. The molecule has 1 amide bonds. The Bertz CT molecular complexity index is 941. The van der Waals surface area contributed by atoms with Gasteiger partial charge in [-0.05, 0) is 30.5 Å². The zero-order valence-electron chi connectivity index (χ0n) is 13.1. The predicted octanol–water partition coefficient (Wildman–Crippen LogP) is 3.71. The predicted molar refractivity (Wildman–Crippen MR) is 95.5 cm³/mol. The van der Waals surface area contributed by atoms with Crippen LogP contribution < -0.4 is 9.54 Å². The van der Waals surface area contributed by atoms with E-state index in [0.29, 0.717) is 10.4 Å². The highest BCUT2D eigenvalue weighted by Crippen LogP contribution is 2.26. The number of rotatable bonds is 3. The Balaban J connectivity index is 2.15. The van der Waals surface area contributed by atoms with Gasteiger partial charge in [-0.15, -0.1) is 11.8 Å². The van der Waals surface area contributed by atoms with Crippen LogP contribution in [0.2, 0.25) is 0 Å². The number of hydrogen-bond acceptors (Lipinski definition) is 4. The Morgan fingerprint density at radius 3 is 2.74 bits per heavy atom. The molecule has 0 aliphatic carbocycles. The van der Waals surface area contributed by atoms with Gasteiger partial charge < -0.3 is 9.30 Å². The van der Waals surface area contributed by atoms with Gasteiger partial charge in [-0.3, -0.25) is 4.79 Å². The second-order valence-corrected chi connectivity index (χ2v) is 6.73. The summed E-state index contributed by atoms with van der Waals surface area (Å²) in [6, 6.07) is 13.4. The van der Waals surface area contributed by atoms with Gasteiger partial charge in [0.15, 0.2) is 4.80 Å². The van der Waals surface area contributed by atoms with Gasteiger partial charge in [0.1, 0.15) is 11.3 Å². The molecule has 4 nitrogen and oxygen atoms in total. The van der Waals surface area contributed by atoms with E-state index >= 15 is 0 Å². The monoisotopic (exact) mass is 344 g/mol. The molecule has 1 heterocycles. The van der Waals surface area contributed by atoms with Crippen LogP contribution in [0.15, 0.2) is 52.4 Å². The Kier molecular flexibility index (Phi) is 4.54. The lowest BCUT2D eigenvalue weighted by Crippen LogP contribution is -2.14. The van der Waals surface area contributed by atoms with Crippen molar-refractivity contribution < 1.29 is 9.53 Å². The number of thiazole rings is 1. The van der Waals surface area contributed by atoms with Crippen LogP contribution in [0.4, 0.5) is 0 Å². The van der Waals surface area contributed by atoms with E-state index in [-0.39, 0.29) is 5.91 Å². The average Bonchev–Trinajstić information content (AvgIpc) is 2.90. The van der Waals surface area contributed by atoms with Crippen LogP contribution in [0.25, 0.3) is 10.2 Å². The standard InChI is InChI=1S/C17H16N2O2S2/c1-19-15-12(21-2)8-6-10-14(15)23-17(19)18-16(20)11-7-4-5-9-13(11)22-3/h4-10H,1-3H3. The maximum absolute atomic E-state index is 12.6. The Morgan fingerprint density at radius 1 is 1.22 bits per heavy atom. The number of fused-ring (bicyclic) bond motifs is 1. The molecule has 0 aliphatic heterocycles. The fourth-order valence-corrected chi connectivity index (χ4v) is 4.03. The molecule has 0 saturated carbocycles. The number of para-hydroxylation sites is 1. The number of methoxy groups -OCH3 is 1. The first-order valence-electron chi connectivity index (χ1n) is 7.00. The highest BCUT2D eigenvalue weighted by Gasteiger charge is 2.12. The summed E-state index contributed by atoms with van der Waals surface area (Å²) in [5.74, 6) is 0.552. The first-order chi connectivity index (χ1) is 11.2. The van der Waals surface area contributed by atoms with E-state index in [9.17, 15) is 4.79 Å². The number of nitrogens with zero attached hydrogens (tertiary/aromatic N) is 2. The van der Waals surface area contributed by atoms with Crippen LogP contribution >= 0.6 is 23.1 Å². The van der Waals surface area contributed by atoms with Gasteiger partial charge in [0.2, 0.25) is 0 Å². The van der Waals surface area contributed by atoms with Crippen molar-refractivity contribution in [1.29, 1.82) is 0 Å². The molecule has 0 radical (unpaired) electrons. The van der Waals surface area contributed by atoms with Crippen molar-refractivity contribution in [2.24, 2.45) is 12.0 Å². The number of aromatic nitrogens is 1. The van der Waals surface area contributed by atoms with Crippen molar-refractivity contribution in [3.8, 4) is 5.75 Å². The van der Waals surface area contributed by atoms with Crippen LogP contribution in [0, 0.1) is 0 Å². The summed E-state index contributed by atoms with van der Waals surface area (Å²) in [5.41, 5.74) is 1.58. The van der Waals surface area contributed by atoms with Gasteiger partial charge in [0, 0.05) is 11.9 Å². The van der Waals surface area contributed by atoms with Crippen LogP contribution in [-0.2, 0) is 7.05 Å². The molecule has 0 bridgehead atoms. The number of hydrogen-bond donors (Lipinski definition) is 0. The molecule has 2 aromatic carbocycles. The Hall–Kier alpha value is -2.05. The molecule has 3 rings (SSSR count). The quantitative estimate of drug-likeness (QED) is 0.680. The van der Waals surface area contributed by atoms with Crippen LogP contribution in [0.5, 0.6) is 5.75 Å². The van der Waals surface area contributed by atoms with Gasteiger partial charge in [-0.25, -0.2) is 0 Å². The summed E-state index contributed by atoms with van der Waals surface area (Å²) >= 11 is 3.02. The lowest BCUT2D eigenvalue weighted by molar-refractivity contribution is 0.0995. The van der Waals surface area contributed by atoms with Crippen molar-refractivity contribution in [2.75, 3.05) is 13.4 Å². The second-order valence-electron chi connectivity index (χ2n) is 4.87. The molecule has 0 saturated heterocycles. The molecule has 0 atom stereocenters. The molecular weight excluding hydrogens is 328 g/mol. The highest BCUT2D eigenvalue weighted by molar-refractivity contribution is 7.98. The molecular formula is C17H16N2O2S2. The minimum Gasteiger partial charge on any atom is -0.495 e. The van der Waals surface area contributed by atoms with Crippen LogP contribution in [-0.4, -0.2) is 23.8 Å². The average molecular weight is 344 g/mol. The minimum absolute atomic E-state index is 0.226. The largest absolute Gasteiger partial charge is 0.495 e. The number of thioether (sulfide) groups is 1. The van der Waals surface area contributed by atoms with Crippen molar-refractivity contribution in [2.45, 2.75) is 4.90 Å². The third kappa shape index (κ3) is 2.92. The van der Waals surface area contributed by atoms with Crippen molar-refractivity contribution in [3.05, 3.63) is 52.8 Å². The lowest BCUT2D eigenvalue weighted by Gasteiger charge is -2.03. The summed E-state index contributed by atoms with van der Waals surface area (Å²) < 4.78 is 8.34. The van der Waals surface area contributed by atoms with E-state index in [1.165, 1.54) is 11.3 Å². The topological polar surface area (TPSA) is 43.6 Å². The maximum Gasteiger partial charge on any atom is 0.280 e. The number of amides is 1. The number of aryl methyl sites for hydroxylation is 1. The molecule has 0 aliphatic rings. The molecule has 1 aromatic heterocycles. The summed E-state index contributed by atoms with van der Waals surface area (Å²) in [6.07, 6.45) is 1.95. The zero-order valence-corrected chi connectivity index (χ0v) is 14.7. The Morgan fingerprint density at radius 2 is 2.00 bits per heavy atom. The third-order valence-corrected chi connectivity index (χ3v) is 5.43. The number of carbonyl (C=O) groups is 1. The van der Waals surface area contributed by atoms with Gasteiger partial charge in [-0.1, -0.05) is 29.5 Å². The van der Waals surface area contributed by atoms with E-state index in [1.807, 2.05) is 60.3 Å². The van der Waals surface area contributed by atoms with Crippen LogP contribution in [0.1, 0.15) is 10.4 Å². The van der Waals surface area contributed by atoms with Gasteiger partial charge >= 0.3 is 0 Å². The zero-order chi connectivity index (χ0) is 16.4. The molecule has 0 spiro atoms. The minimum atomic E-state index is -0.226. The molecule has 0 fully saturated rings. The van der Waals surface area contributed by atoms with Gasteiger partial charge in [-0.2, -0.15) is 4.99 Å². The van der Waals surface area contributed by atoms with E-state index in [0.717, 1.165) is 20.9 Å². The molecule has 118 valence electrons. The fraction of sp³-hybridized carbons (Fsp3) is 0.176. The fourth-order valence-electron chi connectivity index (χ4n) is 2.41. The molecule has 3 aromatic rings. The lowest BCUT2D eigenvalue weighted by atomic mass is 10.2. The van der Waals surface area contributed by atoms with Crippen LogP contribution in [0.3, 0.4) is 0 Å². The summed E-state index contributed by atoms with van der Waals surface area (Å²) in [4.78, 5) is 18.5. The molecule has 0 N–H and O–H groups in total. The van der Waals surface area contributed by atoms with Crippen molar-refractivity contribution in [1.82, 2.24) is 4.57 Å². The number of benzene rings is 2. The van der Waals surface area contributed by atoms with E-state index < -0.39 is 0 Å². The van der Waals surface area contributed by atoms with Crippen molar-refractivity contribution in [3.63, 3.8) is 0 Å². The second kappa shape index (κ2) is 6.60. The van der Waals surface area contributed by atoms with Gasteiger partial charge in [0.25, 0.3) is 5.91 Å². The van der Waals surface area contributed by atoms with Gasteiger partial charge in [0.05, 0.1) is 17.4 Å². The first-order valence-corrected chi connectivity index (χ1v) is 9.04. The SMILES string of the molecule is COc1cccc2sc(=NC(=O)c3ccccc3SC)n(C)c12. The normalized spacial score (nSPS) is 11.9. The number of ether oxygens (including phenoxy) is 1. The van der Waals surface area contributed by atoms with Crippen molar-refractivity contribution >= 4 is 39.2 Å². The van der Waals surface area contributed by atoms with E-state index in [4.69, 9.17) is 4.74 Å². The van der Waals surface area contributed by atoms with E-state index in [2.05, 4.69) is 4.99 Å². The Labute approximate surface area is 142 Å². The maximum atomic E-state index is 12.6. The molecule has 0 unspecified atom stereocenters. The summed E-state index contributed by atoms with van der Waals surface area (Å²) in [6.45, 7) is 0. The highest BCUT2D eigenvalue weighted by atomic mass is 32.2. The molecule has 6 heteroatoms.